The van der Waals surface area contributed by atoms with Crippen LogP contribution in [0.2, 0.25) is 0 Å². The first kappa shape index (κ1) is 19.8. The van der Waals surface area contributed by atoms with Gasteiger partial charge >= 0.3 is 49.6 Å². The summed E-state index contributed by atoms with van der Waals surface area (Å²) in [7, 11) is 19.9. The normalized spacial score (nSPS) is 22.5. The van der Waals surface area contributed by atoms with Gasteiger partial charge in [-0.3, -0.25) is 0 Å². The maximum absolute atomic E-state index is 5.51. The van der Waals surface area contributed by atoms with Crippen LogP contribution in [0, 0.1) is 0 Å². The first-order valence-corrected chi connectivity index (χ1v) is 17.0. The first-order valence-electron chi connectivity index (χ1n) is 4.14. The predicted molar refractivity (Wildman–Crippen MR) is 65.7 cm³/mol. The first-order chi connectivity index (χ1) is 6.43. The molecule has 100 valence electrons. The predicted octanol–water partition coefficient (Wildman–Crippen LogP) is 3.58. The van der Waals surface area contributed by atoms with Gasteiger partial charge in [-0.05, 0) is 19.3 Å². The van der Waals surface area contributed by atoms with Crippen molar-refractivity contribution in [2.45, 2.75) is 25.0 Å². The fraction of sp³-hybridized carbons (Fsp3) is 0.714. The smallest absolute Gasteiger partial charge is 0 e. The summed E-state index contributed by atoms with van der Waals surface area (Å²) < 4.78 is 5.51. The minimum Gasteiger partial charge on any atom is 0 e. The third-order valence-corrected chi connectivity index (χ3v) is 3.21. The molecule has 0 aliphatic carbocycles. The van der Waals surface area contributed by atoms with Crippen molar-refractivity contribution in [3.8, 4) is 0 Å². The van der Waals surface area contributed by atoms with Crippen molar-refractivity contribution in [3.63, 3.8) is 0 Å². The average Bonchev–Trinajstić information content (AvgIpc) is 2.03. The molecular formula is C7H14Cl4OPt2Si. The van der Waals surface area contributed by atoms with Crippen molar-refractivity contribution in [3.05, 3.63) is 12.3 Å². The Morgan fingerprint density at radius 3 is 2.13 bits per heavy atom. The van der Waals surface area contributed by atoms with Gasteiger partial charge in [-0.1, -0.05) is 0 Å². The molecule has 1 fully saturated rings. The van der Waals surface area contributed by atoms with Gasteiger partial charge in [0.15, 0.2) is 0 Å². The van der Waals surface area contributed by atoms with Crippen LogP contribution < -0.4 is 0 Å². The maximum Gasteiger partial charge on any atom is 0 e. The molecular weight excluding hydrogens is 660 g/mol. The van der Waals surface area contributed by atoms with Gasteiger partial charge in [0, 0.05) is 33.4 Å². The Morgan fingerprint density at radius 1 is 1.27 bits per heavy atom. The Morgan fingerprint density at radius 2 is 1.80 bits per heavy atom. The Kier molecular flexibility index (Phi) is 15.2. The van der Waals surface area contributed by atoms with Gasteiger partial charge in [0.25, 0.3) is 0 Å². The minimum atomic E-state index is -3.06. The molecule has 0 aromatic rings. The zero-order chi connectivity index (χ0) is 11.0. The van der Waals surface area contributed by atoms with Gasteiger partial charge in [0.1, 0.15) is 0 Å². The van der Waals surface area contributed by atoms with Crippen molar-refractivity contribution >= 4 is 47.2 Å². The number of hydrogen-bond acceptors (Lipinski definition) is 1. The number of halogens is 4. The van der Waals surface area contributed by atoms with E-state index in [1.54, 1.807) is 0 Å². The van der Waals surface area contributed by atoms with E-state index in [1.165, 1.54) is 19.3 Å². The second kappa shape index (κ2) is 11.5. The molecule has 0 amide bonds. The second-order valence-electron chi connectivity index (χ2n) is 2.78. The minimum absolute atomic E-state index is 0. The van der Waals surface area contributed by atoms with Gasteiger partial charge < -0.3 is 4.74 Å². The second-order valence-corrected chi connectivity index (χ2v) is 24.4. The monoisotopic (exact) mass is 672 g/mol. The van der Waals surface area contributed by atoms with Crippen molar-refractivity contribution in [2.24, 2.45) is 0 Å². The largest absolute Gasteiger partial charge is 0 e. The average molecular weight is 674 g/mol. The fourth-order valence-electron chi connectivity index (χ4n) is 1.18. The van der Waals surface area contributed by atoms with E-state index >= 15 is 0 Å². The molecule has 1 aliphatic heterocycles. The molecule has 0 aromatic carbocycles. The molecule has 1 saturated heterocycles. The molecule has 1 heterocycles. The maximum atomic E-state index is 5.51. The van der Waals surface area contributed by atoms with E-state index in [2.05, 4.69) is 12.3 Å². The summed E-state index contributed by atoms with van der Waals surface area (Å²) in [5.74, 6) is 0. The molecule has 0 spiro atoms. The fourth-order valence-corrected chi connectivity index (χ4v) is 2.38. The van der Waals surface area contributed by atoms with E-state index in [0.717, 1.165) is 6.61 Å². The van der Waals surface area contributed by atoms with Crippen LogP contribution in [-0.2, 0) is 37.7 Å². The van der Waals surface area contributed by atoms with E-state index < -0.39 is 11.9 Å². The van der Waals surface area contributed by atoms with Crippen LogP contribution in [0.1, 0.15) is 19.3 Å². The van der Waals surface area contributed by atoms with Crippen LogP contribution in [0.25, 0.3) is 0 Å². The van der Waals surface area contributed by atoms with E-state index in [9.17, 15) is 0 Å². The van der Waals surface area contributed by atoms with Gasteiger partial charge in [-0.2, -0.15) is 0 Å². The summed E-state index contributed by atoms with van der Waals surface area (Å²) >= 11 is -3.06. The summed E-state index contributed by atoms with van der Waals surface area (Å²) in [5.41, 5.74) is 2.70. The molecule has 1 unspecified atom stereocenters. The topological polar surface area (TPSA) is 9.23 Å². The van der Waals surface area contributed by atoms with Crippen LogP contribution in [0.3, 0.4) is 0 Å². The van der Waals surface area contributed by atoms with Crippen LogP contribution in [0.15, 0.2) is 12.3 Å². The van der Waals surface area contributed by atoms with Gasteiger partial charge in [-0.25, -0.2) is 0 Å². The molecule has 0 radical (unpaired) electrons. The van der Waals surface area contributed by atoms with E-state index in [-0.39, 0.29) is 30.6 Å². The standard InChI is InChI=1S/C7H14OSi.4ClH.2Pt/c1-2-9-7-5-3-4-6-8-7;;;;;;/h2,7H,1,3-6,9H2;4*1H;;/q;;;;;;+4/p-4. The molecule has 1 atom stereocenters. The Labute approximate surface area is 127 Å². The number of rotatable bonds is 2. The van der Waals surface area contributed by atoms with Crippen molar-refractivity contribution in [1.29, 1.82) is 0 Å². The molecule has 1 aliphatic rings. The van der Waals surface area contributed by atoms with Gasteiger partial charge in [0.05, 0.1) is 9.52 Å². The Bertz CT molecular complexity index is 156. The SMILES string of the molecule is C=C[SiH2]C1CCCCO1.[Cl][Pt]([Cl])([Cl])[Cl].[Pt]. The molecule has 0 bridgehead atoms. The third-order valence-electron chi connectivity index (χ3n) is 1.70. The van der Waals surface area contributed by atoms with Crippen molar-refractivity contribution < 1.29 is 37.7 Å². The summed E-state index contributed by atoms with van der Waals surface area (Å²) in [4.78, 5) is 0. The summed E-state index contributed by atoms with van der Waals surface area (Å²) in [6.07, 6.45) is 3.92. The quantitative estimate of drug-likeness (QED) is 0.408. The van der Waals surface area contributed by atoms with Crippen molar-refractivity contribution in [2.75, 3.05) is 6.61 Å². The van der Waals surface area contributed by atoms with E-state index in [4.69, 9.17) is 42.4 Å². The van der Waals surface area contributed by atoms with Gasteiger partial charge in [0.2, 0.25) is 0 Å². The zero-order valence-electron chi connectivity index (χ0n) is 7.95. The van der Waals surface area contributed by atoms with Crippen LogP contribution in [0.5, 0.6) is 0 Å². The van der Waals surface area contributed by atoms with Crippen LogP contribution >= 0.6 is 37.7 Å². The molecule has 0 saturated carbocycles. The van der Waals surface area contributed by atoms with E-state index in [1.807, 2.05) is 0 Å². The summed E-state index contributed by atoms with van der Waals surface area (Å²) in [6, 6.07) is 0. The molecule has 1 rings (SSSR count). The van der Waals surface area contributed by atoms with Crippen LogP contribution in [-0.4, -0.2) is 21.9 Å². The zero-order valence-corrected chi connectivity index (χ0v) is 16.9. The number of hydrogen-bond donors (Lipinski definition) is 0. The molecule has 0 aromatic heterocycles. The van der Waals surface area contributed by atoms with Gasteiger partial charge in [-0.15, -0.1) is 12.3 Å². The molecule has 8 heteroatoms. The van der Waals surface area contributed by atoms with Crippen molar-refractivity contribution in [1.82, 2.24) is 0 Å². The third kappa shape index (κ3) is 19.0. The Balaban J connectivity index is 0. The molecule has 1 nitrogen and oxygen atoms in total. The summed E-state index contributed by atoms with van der Waals surface area (Å²) in [6.45, 7) is 4.73. The Hall–Kier alpha value is 2.45. The van der Waals surface area contributed by atoms with Crippen LogP contribution in [0.4, 0.5) is 0 Å². The summed E-state index contributed by atoms with van der Waals surface area (Å²) in [5, 5.41) is 0. The molecule has 0 N–H and O–H groups in total. The van der Waals surface area contributed by atoms with E-state index in [0.29, 0.717) is 5.73 Å². The molecule has 15 heavy (non-hydrogen) atoms. The number of ether oxygens (including phenoxy) is 1.